The number of aromatic carboxylic acids is 1. The molecule has 0 amide bonds. The molecule has 5 heteroatoms. The van der Waals surface area contributed by atoms with Crippen molar-refractivity contribution in [3.63, 3.8) is 0 Å². The van der Waals surface area contributed by atoms with Crippen molar-refractivity contribution in [3.05, 3.63) is 99.4 Å². The molecule has 2 aliphatic rings. The van der Waals surface area contributed by atoms with E-state index in [-0.39, 0.29) is 5.56 Å². The molecule has 1 unspecified atom stereocenters. The summed E-state index contributed by atoms with van der Waals surface area (Å²) < 4.78 is 2.13. The van der Waals surface area contributed by atoms with E-state index in [1.165, 1.54) is 21.5 Å². The second-order valence-corrected chi connectivity index (χ2v) is 13.7. The second-order valence-electron chi connectivity index (χ2n) is 9.80. The van der Waals surface area contributed by atoms with Gasteiger partial charge in [0, 0.05) is 31.9 Å². The molecule has 1 atom stereocenters. The Hall–Kier alpha value is -3.44. The molecule has 0 saturated heterocycles. The van der Waals surface area contributed by atoms with Gasteiger partial charge in [0.1, 0.15) is 22.2 Å². The fraction of sp³-hybridized carbons (Fsp3) is 0.241. The normalized spacial score (nSPS) is 18.8. The van der Waals surface area contributed by atoms with Gasteiger partial charge in [0.25, 0.3) is 0 Å². The summed E-state index contributed by atoms with van der Waals surface area (Å²) in [5.74, 6) is -1.15. The first-order valence-electron chi connectivity index (χ1n) is 11.5. The van der Waals surface area contributed by atoms with Crippen LogP contribution in [0.5, 0.6) is 0 Å². The van der Waals surface area contributed by atoms with Crippen molar-refractivity contribution in [1.82, 2.24) is 0 Å². The molecule has 1 aliphatic heterocycles. The molecular weight excluding hydrogens is 436 g/mol. The Kier molecular flexibility index (Phi) is 5.86. The number of nitrogens with zero attached hydrogens (tertiary/aromatic N) is 2. The first kappa shape index (κ1) is 23.7. The molecule has 0 aromatic heterocycles. The molecule has 4 nitrogen and oxygen atoms in total. The SMILES string of the molecule is C=C[Si]1(C)C2=CC(=[N+](C)C)C=CC2=C(c2c(C)cc(C(=O)[O-])cc2C)c2ccc(N(C)C)cc21. The molecule has 1 heterocycles. The Balaban J connectivity index is 2.16. The third kappa shape index (κ3) is 3.61. The molecule has 2 aromatic carbocycles. The number of benzene rings is 2. The summed E-state index contributed by atoms with van der Waals surface area (Å²) >= 11 is 0. The lowest BCUT2D eigenvalue weighted by atomic mass is 9.84. The molecule has 174 valence electrons. The summed E-state index contributed by atoms with van der Waals surface area (Å²) in [6.45, 7) is 10.7. The van der Waals surface area contributed by atoms with Crippen LogP contribution >= 0.6 is 0 Å². The highest BCUT2D eigenvalue weighted by Gasteiger charge is 2.42. The summed E-state index contributed by atoms with van der Waals surface area (Å²) in [6.07, 6.45) is 6.70. The van der Waals surface area contributed by atoms with Crippen LogP contribution in [0.15, 0.2) is 71.6 Å². The van der Waals surface area contributed by atoms with Gasteiger partial charge in [-0.1, -0.05) is 18.3 Å². The number of rotatable bonds is 4. The molecule has 0 spiro atoms. The maximum Gasteiger partial charge on any atom is 0.199 e. The molecule has 0 bridgehead atoms. The Labute approximate surface area is 203 Å². The average molecular weight is 469 g/mol. The van der Waals surface area contributed by atoms with E-state index in [2.05, 4.69) is 92.9 Å². The molecule has 0 fully saturated rings. The van der Waals surface area contributed by atoms with Gasteiger partial charge in [0.2, 0.25) is 0 Å². The molecule has 1 aliphatic carbocycles. The highest BCUT2D eigenvalue weighted by atomic mass is 28.3. The van der Waals surface area contributed by atoms with Crippen LogP contribution in [0.1, 0.15) is 32.6 Å². The number of fused-ring (bicyclic) bond motifs is 2. The number of allylic oxidation sites excluding steroid dienone is 5. The zero-order chi connectivity index (χ0) is 24.9. The third-order valence-electron chi connectivity index (χ3n) is 7.12. The molecule has 0 radical (unpaired) electrons. The average Bonchev–Trinajstić information content (AvgIpc) is 2.79. The van der Waals surface area contributed by atoms with Crippen molar-refractivity contribution in [3.8, 4) is 0 Å². The maximum atomic E-state index is 11.6. The largest absolute Gasteiger partial charge is 0.545 e. The highest BCUT2D eigenvalue weighted by molar-refractivity contribution is 7.02. The number of carboxylic acids is 1. The van der Waals surface area contributed by atoms with Crippen molar-refractivity contribution in [1.29, 1.82) is 0 Å². The number of hydrogen-bond donors (Lipinski definition) is 0. The van der Waals surface area contributed by atoms with Gasteiger partial charge < -0.3 is 14.8 Å². The van der Waals surface area contributed by atoms with Gasteiger partial charge in [0.05, 0.1) is 5.97 Å². The van der Waals surface area contributed by atoms with Gasteiger partial charge >= 0.3 is 0 Å². The van der Waals surface area contributed by atoms with Gasteiger partial charge in [-0.3, -0.25) is 0 Å². The number of anilines is 1. The summed E-state index contributed by atoms with van der Waals surface area (Å²) in [5, 5.41) is 14.2. The minimum Gasteiger partial charge on any atom is -0.545 e. The van der Waals surface area contributed by atoms with E-state index in [0.717, 1.165) is 33.7 Å². The standard InChI is InChI=1S/C29H32N2O2Si/c1-9-34(8)25-16-21(30(4)5)10-12-23(25)28(24-13-11-22(31(6)7)17-26(24)34)27-18(2)14-20(29(32)33)15-19(27)3/h9-17H,1H2,2-8H3. The summed E-state index contributed by atoms with van der Waals surface area (Å²) in [7, 11) is 5.99. The van der Waals surface area contributed by atoms with Gasteiger partial charge in [-0.05, 0) is 93.5 Å². The van der Waals surface area contributed by atoms with Crippen LogP contribution in [-0.4, -0.2) is 52.5 Å². The van der Waals surface area contributed by atoms with Crippen LogP contribution in [0.25, 0.3) is 5.57 Å². The monoisotopic (exact) mass is 468 g/mol. The fourth-order valence-corrected chi connectivity index (χ4v) is 8.33. The Morgan fingerprint density at radius 2 is 1.74 bits per heavy atom. The predicted molar refractivity (Wildman–Crippen MR) is 143 cm³/mol. The van der Waals surface area contributed by atoms with Gasteiger partial charge in [0.15, 0.2) is 5.71 Å². The van der Waals surface area contributed by atoms with E-state index in [0.29, 0.717) is 0 Å². The maximum absolute atomic E-state index is 11.6. The van der Waals surface area contributed by atoms with Gasteiger partial charge in [-0.2, -0.15) is 0 Å². The number of aryl methyl sites for hydroxylation is 2. The first-order valence-corrected chi connectivity index (χ1v) is 14.0. The molecular formula is C29H32N2O2Si. The minimum atomic E-state index is -2.26. The topological polar surface area (TPSA) is 46.4 Å². The van der Waals surface area contributed by atoms with E-state index in [1.807, 2.05) is 13.8 Å². The Morgan fingerprint density at radius 3 is 2.26 bits per heavy atom. The number of carbonyl (C=O) groups is 1. The zero-order valence-electron chi connectivity index (χ0n) is 21.1. The van der Waals surface area contributed by atoms with E-state index in [9.17, 15) is 9.90 Å². The number of carboxylic acid groups (broad SMARTS) is 1. The number of hydrogen-bond acceptors (Lipinski definition) is 3. The zero-order valence-corrected chi connectivity index (χ0v) is 22.1. The van der Waals surface area contributed by atoms with Crippen molar-refractivity contribution >= 4 is 36.2 Å². The van der Waals surface area contributed by atoms with Crippen LogP contribution in [0.2, 0.25) is 6.55 Å². The molecule has 4 rings (SSSR count). The van der Waals surface area contributed by atoms with Crippen LogP contribution in [-0.2, 0) is 0 Å². The lowest BCUT2D eigenvalue weighted by molar-refractivity contribution is -0.462. The van der Waals surface area contributed by atoms with Crippen LogP contribution in [0.3, 0.4) is 0 Å². The summed E-state index contributed by atoms with van der Waals surface area (Å²) in [5.41, 5.74) is 11.2. The van der Waals surface area contributed by atoms with Crippen molar-refractivity contribution in [2.75, 3.05) is 33.1 Å². The van der Waals surface area contributed by atoms with E-state index >= 15 is 0 Å². The predicted octanol–water partition coefficient (Wildman–Crippen LogP) is 3.31. The molecule has 2 aromatic rings. The molecule has 0 saturated carbocycles. The molecule has 0 N–H and O–H groups in total. The fourth-order valence-electron chi connectivity index (χ4n) is 5.17. The lowest BCUT2D eigenvalue weighted by Gasteiger charge is -2.39. The van der Waals surface area contributed by atoms with Gasteiger partial charge in [-0.25, -0.2) is 4.58 Å². The van der Waals surface area contributed by atoms with Crippen molar-refractivity contribution in [2.24, 2.45) is 0 Å². The smallest absolute Gasteiger partial charge is 0.199 e. The summed E-state index contributed by atoms with van der Waals surface area (Å²) in [6, 6.07) is 10.2. The van der Waals surface area contributed by atoms with E-state index in [4.69, 9.17) is 0 Å². The quantitative estimate of drug-likeness (QED) is 0.511. The van der Waals surface area contributed by atoms with Crippen molar-refractivity contribution in [2.45, 2.75) is 20.4 Å². The van der Waals surface area contributed by atoms with Crippen molar-refractivity contribution < 1.29 is 14.5 Å². The highest BCUT2D eigenvalue weighted by Crippen LogP contribution is 2.44. The lowest BCUT2D eigenvalue weighted by Crippen LogP contribution is -2.51. The van der Waals surface area contributed by atoms with Gasteiger partial charge in [-0.15, -0.1) is 6.58 Å². The van der Waals surface area contributed by atoms with Crippen LogP contribution < -0.4 is 15.2 Å². The third-order valence-corrected chi connectivity index (χ3v) is 11.0. The minimum absolute atomic E-state index is 0.215. The molecule has 34 heavy (non-hydrogen) atoms. The van der Waals surface area contributed by atoms with Crippen LogP contribution in [0.4, 0.5) is 5.69 Å². The van der Waals surface area contributed by atoms with E-state index < -0.39 is 14.0 Å². The Bertz CT molecular complexity index is 1350. The Morgan fingerprint density at radius 1 is 1.09 bits per heavy atom. The van der Waals surface area contributed by atoms with E-state index in [1.54, 1.807) is 12.1 Å². The first-order chi connectivity index (χ1) is 16.0. The summed E-state index contributed by atoms with van der Waals surface area (Å²) in [4.78, 5) is 13.7. The van der Waals surface area contributed by atoms with Crippen LogP contribution in [0, 0.1) is 13.8 Å². The second kappa shape index (κ2) is 8.40. The number of carbonyl (C=O) groups excluding carboxylic acids is 1.